The summed E-state index contributed by atoms with van der Waals surface area (Å²) in [5.74, 6) is 0. The highest BCUT2D eigenvalue weighted by Crippen LogP contribution is 2.53. The molecule has 0 radical (unpaired) electrons. The average Bonchev–Trinajstić information content (AvgIpc) is 2.90. The highest BCUT2D eigenvalue weighted by atomic mass is 127. The Kier molecular flexibility index (Phi) is 3.08. The molecular formula is C12H14ClI. The van der Waals surface area contributed by atoms with Crippen LogP contribution in [0.1, 0.15) is 25.3 Å². The summed E-state index contributed by atoms with van der Waals surface area (Å²) >= 11 is 8.55. The van der Waals surface area contributed by atoms with Crippen LogP contribution in [0.5, 0.6) is 0 Å². The van der Waals surface area contributed by atoms with Gasteiger partial charge in [0.05, 0.1) is 0 Å². The second kappa shape index (κ2) is 4.01. The first-order chi connectivity index (χ1) is 6.62. The lowest BCUT2D eigenvalue weighted by molar-refractivity contribution is 0.496. The van der Waals surface area contributed by atoms with Gasteiger partial charge in [-0.2, -0.15) is 0 Å². The molecule has 1 fully saturated rings. The maximum Gasteiger partial charge on any atom is 0.0367 e. The van der Waals surface area contributed by atoms with Crippen molar-refractivity contribution in [2.24, 2.45) is 5.41 Å². The molecule has 0 nitrogen and oxygen atoms in total. The lowest BCUT2D eigenvalue weighted by Crippen LogP contribution is -2.15. The molecule has 1 aromatic carbocycles. The number of alkyl halides is 1. The molecule has 0 amide bonds. The summed E-state index contributed by atoms with van der Waals surface area (Å²) in [6, 6.07) is 8.79. The Balaban J connectivity index is 2.08. The molecule has 1 aliphatic rings. The Morgan fingerprint density at radius 1 is 1.36 bits per heavy atom. The highest BCUT2D eigenvalue weighted by molar-refractivity contribution is 14.1. The van der Waals surface area contributed by atoms with Crippen molar-refractivity contribution in [1.82, 2.24) is 0 Å². The Hall–Kier alpha value is 0.240. The van der Waals surface area contributed by atoms with Gasteiger partial charge in [-0.05, 0) is 71.9 Å². The fourth-order valence-electron chi connectivity index (χ4n) is 1.88. The van der Waals surface area contributed by atoms with Crippen LogP contribution in [0.25, 0.3) is 0 Å². The molecule has 0 bridgehead atoms. The minimum absolute atomic E-state index is 0.307. The van der Waals surface area contributed by atoms with Crippen molar-refractivity contribution < 1.29 is 0 Å². The van der Waals surface area contributed by atoms with Crippen LogP contribution in [0.2, 0.25) is 0 Å². The maximum atomic E-state index is 6.21. The van der Waals surface area contributed by atoms with E-state index in [1.54, 1.807) is 0 Å². The molecule has 2 rings (SSSR count). The van der Waals surface area contributed by atoms with Gasteiger partial charge < -0.3 is 0 Å². The van der Waals surface area contributed by atoms with Gasteiger partial charge in [0, 0.05) is 8.95 Å². The lowest BCUT2D eigenvalue weighted by Gasteiger charge is -2.17. The summed E-state index contributed by atoms with van der Waals surface area (Å²) in [5.41, 5.74) is 1.84. The summed E-state index contributed by atoms with van der Waals surface area (Å²) < 4.78 is 1.30. The van der Waals surface area contributed by atoms with E-state index in [9.17, 15) is 0 Å². The summed E-state index contributed by atoms with van der Waals surface area (Å²) in [6.07, 6.45) is 3.74. The molecule has 0 aliphatic heterocycles. The van der Waals surface area contributed by atoms with E-state index in [4.69, 9.17) is 11.6 Å². The van der Waals surface area contributed by atoms with Crippen molar-refractivity contribution in [3.05, 3.63) is 33.4 Å². The van der Waals surface area contributed by atoms with E-state index >= 15 is 0 Å². The van der Waals surface area contributed by atoms with E-state index in [0.29, 0.717) is 10.8 Å². The average molecular weight is 321 g/mol. The summed E-state index contributed by atoms with van der Waals surface area (Å²) in [6.45, 7) is 2.13. The summed E-state index contributed by atoms with van der Waals surface area (Å²) in [7, 11) is 0. The molecule has 1 saturated carbocycles. The van der Waals surface area contributed by atoms with Crippen LogP contribution in [0.3, 0.4) is 0 Å². The molecule has 0 saturated heterocycles. The largest absolute Gasteiger partial charge is 0.123 e. The Bertz CT molecular complexity index is 312. The van der Waals surface area contributed by atoms with Crippen molar-refractivity contribution in [3.8, 4) is 0 Å². The first kappa shape index (κ1) is 10.7. The van der Waals surface area contributed by atoms with Gasteiger partial charge in [0.1, 0.15) is 0 Å². The first-order valence-electron chi connectivity index (χ1n) is 5.01. The van der Waals surface area contributed by atoms with E-state index in [2.05, 4.69) is 53.8 Å². The predicted octanol–water partition coefficient (Wildman–Crippen LogP) is 4.24. The SMILES string of the molecule is CC(Cl)C1(Cc2ccc(I)cc2)CC1. The van der Waals surface area contributed by atoms with Crippen LogP contribution in [0.4, 0.5) is 0 Å². The summed E-state index contributed by atoms with van der Waals surface area (Å²) in [4.78, 5) is 0. The zero-order valence-corrected chi connectivity index (χ0v) is 11.2. The number of hydrogen-bond acceptors (Lipinski definition) is 0. The minimum Gasteiger partial charge on any atom is -0.123 e. The molecule has 14 heavy (non-hydrogen) atoms. The van der Waals surface area contributed by atoms with E-state index in [1.807, 2.05) is 0 Å². The molecule has 1 atom stereocenters. The minimum atomic E-state index is 0.307. The molecule has 76 valence electrons. The van der Waals surface area contributed by atoms with E-state index in [0.717, 1.165) is 6.42 Å². The van der Waals surface area contributed by atoms with Gasteiger partial charge in [-0.1, -0.05) is 12.1 Å². The van der Waals surface area contributed by atoms with E-state index in [1.165, 1.54) is 22.0 Å². The maximum absolute atomic E-state index is 6.21. The molecule has 0 N–H and O–H groups in total. The third-order valence-electron chi connectivity index (χ3n) is 3.21. The zero-order chi connectivity index (χ0) is 10.2. The standard InChI is InChI=1S/C12H14ClI/c1-9(13)12(6-7-12)8-10-2-4-11(14)5-3-10/h2-5,9H,6-8H2,1H3. The van der Waals surface area contributed by atoms with Crippen molar-refractivity contribution in [3.63, 3.8) is 0 Å². The highest BCUT2D eigenvalue weighted by Gasteiger charge is 2.46. The van der Waals surface area contributed by atoms with Gasteiger partial charge in [-0.25, -0.2) is 0 Å². The lowest BCUT2D eigenvalue weighted by atomic mass is 9.94. The second-order valence-electron chi connectivity index (χ2n) is 4.28. The van der Waals surface area contributed by atoms with Crippen LogP contribution >= 0.6 is 34.2 Å². The van der Waals surface area contributed by atoms with Crippen LogP contribution in [-0.4, -0.2) is 5.38 Å². The van der Waals surface area contributed by atoms with Crippen molar-refractivity contribution in [2.75, 3.05) is 0 Å². The molecule has 0 spiro atoms. The number of halogens is 2. The van der Waals surface area contributed by atoms with E-state index < -0.39 is 0 Å². The summed E-state index contributed by atoms with van der Waals surface area (Å²) in [5, 5.41) is 0.307. The molecule has 0 heterocycles. The molecule has 0 aromatic heterocycles. The zero-order valence-electron chi connectivity index (χ0n) is 8.26. The third-order valence-corrected chi connectivity index (χ3v) is 4.39. The second-order valence-corrected chi connectivity index (χ2v) is 6.18. The Labute approximate surface area is 104 Å². The molecule has 1 aromatic rings. The monoisotopic (exact) mass is 320 g/mol. The number of hydrogen-bond donors (Lipinski definition) is 0. The molecule has 1 aliphatic carbocycles. The fraction of sp³-hybridized carbons (Fsp3) is 0.500. The molecular weight excluding hydrogens is 306 g/mol. The van der Waals surface area contributed by atoms with Crippen LogP contribution in [-0.2, 0) is 6.42 Å². The van der Waals surface area contributed by atoms with Gasteiger partial charge in [0.2, 0.25) is 0 Å². The van der Waals surface area contributed by atoms with Gasteiger partial charge in [-0.15, -0.1) is 11.6 Å². The normalized spacial score (nSPS) is 20.5. The van der Waals surface area contributed by atoms with Crippen molar-refractivity contribution in [1.29, 1.82) is 0 Å². The molecule has 1 unspecified atom stereocenters. The van der Waals surface area contributed by atoms with Crippen LogP contribution in [0.15, 0.2) is 24.3 Å². The van der Waals surface area contributed by atoms with Gasteiger partial charge in [-0.3, -0.25) is 0 Å². The van der Waals surface area contributed by atoms with Gasteiger partial charge in [0.25, 0.3) is 0 Å². The van der Waals surface area contributed by atoms with Crippen LogP contribution in [0, 0.1) is 8.99 Å². The van der Waals surface area contributed by atoms with Gasteiger partial charge in [0.15, 0.2) is 0 Å². The van der Waals surface area contributed by atoms with E-state index in [-0.39, 0.29) is 0 Å². The van der Waals surface area contributed by atoms with Gasteiger partial charge >= 0.3 is 0 Å². The third kappa shape index (κ3) is 2.25. The Morgan fingerprint density at radius 2 is 1.93 bits per heavy atom. The Morgan fingerprint density at radius 3 is 2.36 bits per heavy atom. The fourth-order valence-corrected chi connectivity index (χ4v) is 2.54. The van der Waals surface area contributed by atoms with Crippen molar-refractivity contribution in [2.45, 2.75) is 31.6 Å². The number of rotatable bonds is 3. The predicted molar refractivity (Wildman–Crippen MR) is 69.8 cm³/mol. The van der Waals surface area contributed by atoms with Crippen LogP contribution < -0.4 is 0 Å². The van der Waals surface area contributed by atoms with Crippen molar-refractivity contribution >= 4 is 34.2 Å². The number of benzene rings is 1. The quantitative estimate of drug-likeness (QED) is 0.577. The first-order valence-corrected chi connectivity index (χ1v) is 6.52. The topological polar surface area (TPSA) is 0 Å². The molecule has 2 heteroatoms. The smallest absolute Gasteiger partial charge is 0.0367 e.